The minimum absolute atomic E-state index is 0.0136. The fourth-order valence-electron chi connectivity index (χ4n) is 2.01. The number of benzene rings is 1. The molecule has 0 spiro atoms. The fraction of sp³-hybridized carbons (Fsp3) is 0.308. The fourth-order valence-corrected chi connectivity index (χ4v) is 2.50. The number of nitrogens with one attached hydrogen (secondary N) is 3. The Hall–Kier alpha value is -2.09. The molecule has 1 saturated heterocycles. The summed E-state index contributed by atoms with van der Waals surface area (Å²) in [4.78, 5) is 33.7. The van der Waals surface area contributed by atoms with Gasteiger partial charge in [-0.3, -0.25) is 4.79 Å². The summed E-state index contributed by atoms with van der Waals surface area (Å²) in [5, 5.41) is 16.9. The standard InChI is InChI=1S/C13H14BrN3O4/c14-8-3-7(12(19)20)4-10(5-8)17-13(21)15-6-9-1-2-11(18)16-9/h3-5,9H,1-2,6H2,(H,16,18)(H,19,20)(H2,15,17,21). The molecule has 1 aromatic rings. The summed E-state index contributed by atoms with van der Waals surface area (Å²) in [5.41, 5.74) is 0.442. The van der Waals surface area contributed by atoms with Crippen molar-refractivity contribution in [1.29, 1.82) is 0 Å². The van der Waals surface area contributed by atoms with Crippen molar-refractivity contribution in [3.8, 4) is 0 Å². The zero-order valence-electron chi connectivity index (χ0n) is 11.0. The number of halogens is 1. The molecule has 0 saturated carbocycles. The molecule has 1 heterocycles. The van der Waals surface area contributed by atoms with Gasteiger partial charge in [0.05, 0.1) is 5.56 Å². The SMILES string of the molecule is O=C1CCC(CNC(=O)Nc2cc(Br)cc(C(=O)O)c2)N1. The predicted octanol–water partition coefficient (Wildman–Crippen LogP) is 1.55. The smallest absolute Gasteiger partial charge is 0.335 e. The summed E-state index contributed by atoms with van der Waals surface area (Å²) in [6, 6.07) is 3.90. The molecule has 0 aromatic heterocycles. The maximum atomic E-state index is 11.7. The molecule has 0 radical (unpaired) electrons. The van der Waals surface area contributed by atoms with Gasteiger partial charge in [0, 0.05) is 29.2 Å². The minimum atomic E-state index is -1.08. The Bertz CT molecular complexity index is 591. The molecule has 1 aliphatic rings. The van der Waals surface area contributed by atoms with Crippen LogP contribution in [0.5, 0.6) is 0 Å². The minimum Gasteiger partial charge on any atom is -0.478 e. The van der Waals surface area contributed by atoms with E-state index in [-0.39, 0.29) is 17.5 Å². The van der Waals surface area contributed by atoms with Crippen molar-refractivity contribution >= 4 is 39.5 Å². The summed E-state index contributed by atoms with van der Waals surface area (Å²) < 4.78 is 0.556. The van der Waals surface area contributed by atoms with Crippen LogP contribution in [-0.2, 0) is 4.79 Å². The highest BCUT2D eigenvalue weighted by Gasteiger charge is 2.20. The summed E-state index contributed by atoms with van der Waals surface area (Å²) in [6.07, 6.45) is 1.17. The van der Waals surface area contributed by atoms with Crippen molar-refractivity contribution < 1.29 is 19.5 Å². The number of hydrogen-bond acceptors (Lipinski definition) is 3. The first-order chi connectivity index (χ1) is 9.94. The summed E-state index contributed by atoms with van der Waals surface area (Å²) in [5.74, 6) is -1.09. The van der Waals surface area contributed by atoms with Crippen LogP contribution in [0.2, 0.25) is 0 Å². The van der Waals surface area contributed by atoms with Crippen molar-refractivity contribution in [2.75, 3.05) is 11.9 Å². The lowest BCUT2D eigenvalue weighted by atomic mass is 10.2. The number of rotatable bonds is 4. The molecule has 1 unspecified atom stereocenters. The quantitative estimate of drug-likeness (QED) is 0.656. The Morgan fingerprint density at radius 2 is 2.14 bits per heavy atom. The van der Waals surface area contributed by atoms with Gasteiger partial charge in [0.1, 0.15) is 0 Å². The van der Waals surface area contributed by atoms with Gasteiger partial charge in [-0.1, -0.05) is 15.9 Å². The Balaban J connectivity index is 1.90. The van der Waals surface area contributed by atoms with E-state index >= 15 is 0 Å². The first kappa shape index (κ1) is 15.3. The lowest BCUT2D eigenvalue weighted by Gasteiger charge is -2.12. The van der Waals surface area contributed by atoms with Gasteiger partial charge in [-0.2, -0.15) is 0 Å². The molecule has 1 atom stereocenters. The lowest BCUT2D eigenvalue weighted by molar-refractivity contribution is -0.119. The number of carbonyl (C=O) groups excluding carboxylic acids is 2. The predicted molar refractivity (Wildman–Crippen MR) is 79.3 cm³/mol. The molecule has 1 aliphatic heterocycles. The molecule has 1 fully saturated rings. The molecule has 4 N–H and O–H groups in total. The Morgan fingerprint density at radius 1 is 1.38 bits per heavy atom. The maximum absolute atomic E-state index is 11.7. The van der Waals surface area contributed by atoms with E-state index in [0.29, 0.717) is 29.5 Å². The number of carboxylic acids is 1. The van der Waals surface area contributed by atoms with Crippen molar-refractivity contribution in [2.45, 2.75) is 18.9 Å². The van der Waals surface area contributed by atoms with E-state index in [1.54, 1.807) is 6.07 Å². The normalized spacial score (nSPS) is 17.2. The monoisotopic (exact) mass is 355 g/mol. The van der Waals surface area contributed by atoms with Gasteiger partial charge in [-0.15, -0.1) is 0 Å². The van der Waals surface area contributed by atoms with Crippen LogP contribution in [0.1, 0.15) is 23.2 Å². The number of aromatic carboxylic acids is 1. The van der Waals surface area contributed by atoms with Gasteiger partial charge in [-0.05, 0) is 24.6 Å². The van der Waals surface area contributed by atoms with E-state index in [2.05, 4.69) is 31.9 Å². The maximum Gasteiger partial charge on any atom is 0.335 e. The number of hydrogen-bond donors (Lipinski definition) is 4. The van der Waals surface area contributed by atoms with Crippen LogP contribution in [-0.4, -0.2) is 35.6 Å². The van der Waals surface area contributed by atoms with Crippen molar-refractivity contribution in [2.24, 2.45) is 0 Å². The van der Waals surface area contributed by atoms with Gasteiger partial charge in [0.2, 0.25) is 5.91 Å². The number of anilines is 1. The molecule has 0 aliphatic carbocycles. The second-order valence-corrected chi connectivity index (χ2v) is 5.59. The molecule has 3 amide bonds. The van der Waals surface area contributed by atoms with Crippen molar-refractivity contribution in [1.82, 2.24) is 10.6 Å². The molecular formula is C13H14BrN3O4. The molecule has 0 bridgehead atoms. The van der Waals surface area contributed by atoms with E-state index in [1.807, 2.05) is 0 Å². The number of urea groups is 1. The molecule has 1 aromatic carbocycles. The Kier molecular flexibility index (Phi) is 4.79. The molecular weight excluding hydrogens is 342 g/mol. The van der Waals surface area contributed by atoms with Crippen molar-refractivity contribution in [3.05, 3.63) is 28.2 Å². The van der Waals surface area contributed by atoms with Gasteiger partial charge in [-0.25, -0.2) is 9.59 Å². The van der Waals surface area contributed by atoms with E-state index in [4.69, 9.17) is 5.11 Å². The van der Waals surface area contributed by atoms with Crippen LogP contribution >= 0.6 is 15.9 Å². The van der Waals surface area contributed by atoms with Gasteiger partial charge in [0.25, 0.3) is 0 Å². The number of carbonyl (C=O) groups is 3. The van der Waals surface area contributed by atoms with Crippen LogP contribution in [0.15, 0.2) is 22.7 Å². The van der Waals surface area contributed by atoms with Gasteiger partial charge < -0.3 is 21.1 Å². The highest BCUT2D eigenvalue weighted by molar-refractivity contribution is 9.10. The molecule has 8 heteroatoms. The first-order valence-electron chi connectivity index (χ1n) is 6.32. The van der Waals surface area contributed by atoms with Crippen LogP contribution in [0.4, 0.5) is 10.5 Å². The van der Waals surface area contributed by atoms with Gasteiger partial charge in [0.15, 0.2) is 0 Å². The average molecular weight is 356 g/mol. The topological polar surface area (TPSA) is 108 Å². The van der Waals surface area contributed by atoms with Crippen molar-refractivity contribution in [3.63, 3.8) is 0 Å². The number of amides is 3. The third-order valence-corrected chi connectivity index (χ3v) is 3.45. The summed E-state index contributed by atoms with van der Waals surface area (Å²) in [7, 11) is 0. The summed E-state index contributed by atoms with van der Waals surface area (Å²) >= 11 is 3.19. The highest BCUT2D eigenvalue weighted by atomic mass is 79.9. The molecule has 2 rings (SSSR count). The van der Waals surface area contributed by atoms with Crippen LogP contribution in [0.3, 0.4) is 0 Å². The first-order valence-corrected chi connectivity index (χ1v) is 7.11. The Labute approximate surface area is 129 Å². The lowest BCUT2D eigenvalue weighted by Crippen LogP contribution is -2.40. The second-order valence-electron chi connectivity index (χ2n) is 4.67. The highest BCUT2D eigenvalue weighted by Crippen LogP contribution is 2.19. The third-order valence-electron chi connectivity index (χ3n) is 3.00. The number of carboxylic acid groups (broad SMARTS) is 1. The zero-order chi connectivity index (χ0) is 15.4. The van der Waals surface area contributed by atoms with E-state index in [0.717, 1.165) is 0 Å². The van der Waals surface area contributed by atoms with Crippen LogP contribution in [0, 0.1) is 0 Å². The van der Waals surface area contributed by atoms with Gasteiger partial charge >= 0.3 is 12.0 Å². The molecule has 21 heavy (non-hydrogen) atoms. The van der Waals surface area contributed by atoms with E-state index < -0.39 is 12.0 Å². The third kappa shape index (κ3) is 4.45. The van der Waals surface area contributed by atoms with E-state index in [1.165, 1.54) is 12.1 Å². The largest absolute Gasteiger partial charge is 0.478 e. The Morgan fingerprint density at radius 3 is 2.76 bits per heavy atom. The molecule has 7 nitrogen and oxygen atoms in total. The summed E-state index contributed by atoms with van der Waals surface area (Å²) in [6.45, 7) is 0.331. The molecule has 112 valence electrons. The average Bonchev–Trinajstić information content (AvgIpc) is 2.81. The van der Waals surface area contributed by atoms with Crippen LogP contribution < -0.4 is 16.0 Å². The second kappa shape index (κ2) is 6.57. The zero-order valence-corrected chi connectivity index (χ0v) is 12.6. The van der Waals surface area contributed by atoms with E-state index in [9.17, 15) is 14.4 Å². The van der Waals surface area contributed by atoms with Crippen LogP contribution in [0.25, 0.3) is 0 Å².